The molecule has 0 radical (unpaired) electrons. The van der Waals surface area contributed by atoms with Crippen LogP contribution in [0.25, 0.3) is 11.3 Å². The molecule has 0 bridgehead atoms. The average molecular weight is 580 g/mol. The van der Waals surface area contributed by atoms with E-state index in [2.05, 4.69) is 26.0 Å². The van der Waals surface area contributed by atoms with Crippen LogP contribution in [0.3, 0.4) is 0 Å². The molecule has 0 N–H and O–H groups in total. The predicted molar refractivity (Wildman–Crippen MR) is 163 cm³/mol. The molecule has 0 saturated heterocycles. The zero-order chi connectivity index (χ0) is 28.6. The summed E-state index contributed by atoms with van der Waals surface area (Å²) in [5, 5.41) is 2.03. The van der Waals surface area contributed by atoms with Crippen LogP contribution in [0.2, 0.25) is 0 Å². The van der Waals surface area contributed by atoms with E-state index in [0.29, 0.717) is 17.9 Å². The summed E-state index contributed by atoms with van der Waals surface area (Å²) in [5.41, 5.74) is 2.74. The van der Waals surface area contributed by atoms with Crippen molar-refractivity contribution >= 4 is 44.3 Å². The van der Waals surface area contributed by atoms with Gasteiger partial charge in [0.05, 0.1) is 22.1 Å². The highest BCUT2D eigenvalue weighted by Gasteiger charge is 2.68. The normalized spacial score (nSPS) is 22.9. The van der Waals surface area contributed by atoms with Crippen molar-refractivity contribution in [1.82, 2.24) is 0 Å². The fourth-order valence-electron chi connectivity index (χ4n) is 6.95. The Bertz CT molecular complexity index is 1850. The quantitative estimate of drug-likeness (QED) is 0.256. The molecular formula is C34H29NO4S2. The summed E-state index contributed by atoms with van der Waals surface area (Å²) in [7, 11) is -4.20. The maximum atomic E-state index is 15.2. The SMILES string of the molecule is Cc1ccc(S(=O)(=O)N2C(=O)[C@@]3(C(c4ccccc4)=CC4=C(c5cccs5)OC[C@@H]4C3(C)C)c3ccccc32)cc1. The Labute approximate surface area is 244 Å². The van der Waals surface area contributed by atoms with Crippen LogP contribution >= 0.6 is 11.3 Å². The van der Waals surface area contributed by atoms with Gasteiger partial charge in [0.15, 0.2) is 0 Å². The number of allylic oxidation sites excluding steroid dienone is 1. The molecule has 41 heavy (non-hydrogen) atoms. The summed E-state index contributed by atoms with van der Waals surface area (Å²) in [6.45, 7) is 6.49. The van der Waals surface area contributed by atoms with E-state index in [0.717, 1.165) is 37.2 Å². The van der Waals surface area contributed by atoms with Crippen LogP contribution in [-0.4, -0.2) is 20.9 Å². The molecule has 3 aromatic carbocycles. The molecule has 0 unspecified atom stereocenters. The number of hydrogen-bond donors (Lipinski definition) is 0. The highest BCUT2D eigenvalue weighted by atomic mass is 32.2. The maximum Gasteiger partial charge on any atom is 0.270 e. The molecule has 1 aliphatic carbocycles. The fraction of sp³-hybridized carbons (Fsp3) is 0.206. The van der Waals surface area contributed by atoms with Gasteiger partial charge in [-0.3, -0.25) is 4.79 Å². The largest absolute Gasteiger partial charge is 0.491 e. The number of rotatable bonds is 4. The number of aryl methyl sites for hydroxylation is 1. The first-order valence-electron chi connectivity index (χ1n) is 13.6. The molecule has 206 valence electrons. The zero-order valence-electron chi connectivity index (χ0n) is 23.0. The van der Waals surface area contributed by atoms with Gasteiger partial charge in [-0.1, -0.05) is 86.1 Å². The van der Waals surface area contributed by atoms with Crippen molar-refractivity contribution in [2.45, 2.75) is 31.1 Å². The van der Waals surface area contributed by atoms with Crippen LogP contribution in [0.4, 0.5) is 5.69 Å². The first-order valence-corrected chi connectivity index (χ1v) is 16.0. The second-order valence-electron chi connectivity index (χ2n) is 11.4. The number of carbonyl (C=O) groups is 1. The highest BCUT2D eigenvalue weighted by Crippen LogP contribution is 2.66. The molecule has 1 spiro atoms. The van der Waals surface area contributed by atoms with E-state index >= 15 is 4.79 Å². The van der Waals surface area contributed by atoms with Gasteiger partial charge >= 0.3 is 0 Å². The summed E-state index contributed by atoms with van der Waals surface area (Å²) < 4.78 is 36.0. The molecule has 2 aliphatic heterocycles. The van der Waals surface area contributed by atoms with Gasteiger partial charge in [0, 0.05) is 11.5 Å². The van der Waals surface area contributed by atoms with Gasteiger partial charge in [-0.05, 0) is 64.8 Å². The van der Waals surface area contributed by atoms with E-state index in [1.54, 1.807) is 47.7 Å². The van der Waals surface area contributed by atoms with Gasteiger partial charge < -0.3 is 4.74 Å². The van der Waals surface area contributed by atoms with E-state index in [1.807, 2.05) is 60.8 Å². The van der Waals surface area contributed by atoms with Gasteiger partial charge in [-0.2, -0.15) is 0 Å². The minimum atomic E-state index is -4.20. The number of sulfonamides is 1. The van der Waals surface area contributed by atoms with Crippen LogP contribution in [0, 0.1) is 18.3 Å². The van der Waals surface area contributed by atoms with Crippen molar-refractivity contribution in [3.63, 3.8) is 0 Å². The number of para-hydroxylation sites is 1. The Balaban J connectivity index is 1.54. The number of nitrogens with zero attached hydrogens (tertiary/aromatic N) is 1. The van der Waals surface area contributed by atoms with Crippen LogP contribution in [0.15, 0.2) is 113 Å². The lowest BCUT2D eigenvalue weighted by atomic mass is 9.49. The van der Waals surface area contributed by atoms with Crippen molar-refractivity contribution in [1.29, 1.82) is 0 Å². The molecule has 0 saturated carbocycles. The Kier molecular flexibility index (Phi) is 5.72. The minimum absolute atomic E-state index is 0.0897. The fourth-order valence-corrected chi connectivity index (χ4v) is 9.16. The number of ether oxygens (including phenoxy) is 1. The van der Waals surface area contributed by atoms with Gasteiger partial charge in [0.2, 0.25) is 0 Å². The number of carbonyl (C=O) groups excluding carboxylic acids is 1. The monoisotopic (exact) mass is 579 g/mol. The molecule has 4 aromatic rings. The van der Waals surface area contributed by atoms with Crippen molar-refractivity contribution in [2.75, 3.05) is 10.9 Å². The Morgan fingerprint density at radius 2 is 1.61 bits per heavy atom. The third kappa shape index (κ3) is 3.45. The molecule has 5 nitrogen and oxygen atoms in total. The van der Waals surface area contributed by atoms with Gasteiger partial charge in [-0.25, -0.2) is 12.7 Å². The summed E-state index contributed by atoms with van der Waals surface area (Å²) in [6, 6.07) is 27.9. The third-order valence-corrected chi connectivity index (χ3v) is 11.6. The number of benzene rings is 3. The lowest BCUT2D eigenvalue weighted by Crippen LogP contribution is -2.57. The highest BCUT2D eigenvalue weighted by molar-refractivity contribution is 7.93. The van der Waals surface area contributed by atoms with E-state index in [9.17, 15) is 8.42 Å². The third-order valence-electron chi connectivity index (χ3n) is 8.99. The topological polar surface area (TPSA) is 63.7 Å². The van der Waals surface area contributed by atoms with Gasteiger partial charge in [0.25, 0.3) is 15.9 Å². The molecule has 7 heteroatoms. The van der Waals surface area contributed by atoms with E-state index in [4.69, 9.17) is 4.74 Å². The summed E-state index contributed by atoms with van der Waals surface area (Å²) in [5.74, 6) is 0.248. The lowest BCUT2D eigenvalue weighted by Gasteiger charge is -2.51. The molecule has 1 amide bonds. The number of hydrogen-bond acceptors (Lipinski definition) is 5. The smallest absolute Gasteiger partial charge is 0.270 e. The minimum Gasteiger partial charge on any atom is -0.491 e. The van der Waals surface area contributed by atoms with Crippen molar-refractivity contribution in [2.24, 2.45) is 11.3 Å². The zero-order valence-corrected chi connectivity index (χ0v) is 24.6. The maximum absolute atomic E-state index is 15.2. The number of amides is 1. The summed E-state index contributed by atoms with van der Waals surface area (Å²) in [6.07, 6.45) is 2.10. The van der Waals surface area contributed by atoms with Crippen molar-refractivity contribution in [3.8, 4) is 0 Å². The Morgan fingerprint density at radius 3 is 2.32 bits per heavy atom. The molecule has 1 aromatic heterocycles. The van der Waals surface area contributed by atoms with Crippen LogP contribution in [-0.2, 0) is 25.0 Å². The van der Waals surface area contributed by atoms with Gasteiger partial charge in [-0.15, -0.1) is 11.3 Å². The lowest BCUT2D eigenvalue weighted by molar-refractivity contribution is -0.124. The summed E-state index contributed by atoms with van der Waals surface area (Å²) in [4.78, 5) is 16.3. The standard InChI is InChI=1S/C34H29NO4S2/c1-22-15-17-24(18-16-22)41(37,38)35-29-13-8-7-12-26(29)34(32(35)36)27(23-10-5-4-6-11-23)20-25-28(33(34,2)3)21-39-31(25)30-14-9-19-40-30/h4-20,28H,21H2,1-3H3/t28-,34-/m0/s1. The van der Waals surface area contributed by atoms with Crippen LogP contribution < -0.4 is 4.31 Å². The Morgan fingerprint density at radius 1 is 0.902 bits per heavy atom. The van der Waals surface area contributed by atoms with E-state index in [-0.39, 0.29) is 10.8 Å². The molecular weight excluding hydrogens is 551 g/mol. The molecule has 7 rings (SSSR count). The second kappa shape index (κ2) is 9.03. The Hall–Kier alpha value is -3.94. The second-order valence-corrected chi connectivity index (χ2v) is 14.2. The molecule has 3 aliphatic rings. The average Bonchev–Trinajstić information content (AvgIpc) is 3.69. The summed E-state index contributed by atoms with van der Waals surface area (Å²) >= 11 is 1.62. The molecule has 3 heterocycles. The number of thiophene rings is 1. The van der Waals surface area contributed by atoms with Crippen LogP contribution in [0.5, 0.6) is 0 Å². The first-order chi connectivity index (χ1) is 19.7. The number of fused-ring (bicyclic) bond motifs is 3. The van der Waals surface area contributed by atoms with E-state index < -0.39 is 26.8 Å². The van der Waals surface area contributed by atoms with Crippen molar-refractivity contribution < 1.29 is 17.9 Å². The van der Waals surface area contributed by atoms with Gasteiger partial charge in [0.1, 0.15) is 11.2 Å². The predicted octanol–water partition coefficient (Wildman–Crippen LogP) is 7.21. The molecule has 0 fully saturated rings. The first kappa shape index (κ1) is 26.0. The van der Waals surface area contributed by atoms with Crippen LogP contribution in [0.1, 0.15) is 35.4 Å². The number of anilines is 1. The molecule has 2 atom stereocenters. The van der Waals surface area contributed by atoms with E-state index in [1.165, 1.54) is 0 Å². The van der Waals surface area contributed by atoms with Crippen molar-refractivity contribution in [3.05, 3.63) is 130 Å².